The number of anilines is 1. The van der Waals surface area contributed by atoms with Gasteiger partial charge in [0.1, 0.15) is 0 Å². The van der Waals surface area contributed by atoms with Crippen molar-refractivity contribution in [3.8, 4) is 6.07 Å². The molecule has 0 aromatic heterocycles. The van der Waals surface area contributed by atoms with E-state index in [0.717, 1.165) is 17.3 Å². The molecule has 3 rings (SSSR count). The zero-order valence-electron chi connectivity index (χ0n) is 16.3. The van der Waals surface area contributed by atoms with E-state index < -0.39 is 10.8 Å². The summed E-state index contributed by atoms with van der Waals surface area (Å²) in [6.45, 7) is 1.79. The third-order valence-corrected chi connectivity index (χ3v) is 6.18. The smallest absolute Gasteiger partial charge is 0.269 e. The Labute approximate surface area is 187 Å². The molecule has 2 aromatic carbocycles. The van der Waals surface area contributed by atoms with Crippen LogP contribution in [0.25, 0.3) is 0 Å². The Morgan fingerprint density at radius 2 is 2.06 bits per heavy atom. The largest absolute Gasteiger partial charge is 0.325 e. The zero-order chi connectivity index (χ0) is 22.5. The van der Waals surface area contributed by atoms with E-state index in [1.165, 1.54) is 24.3 Å². The van der Waals surface area contributed by atoms with Crippen LogP contribution in [0, 0.1) is 28.4 Å². The number of hydrogen-bond donors (Lipinski definition) is 2. The lowest BCUT2D eigenvalue weighted by atomic mass is 9.87. The van der Waals surface area contributed by atoms with Gasteiger partial charge < -0.3 is 10.6 Å². The van der Waals surface area contributed by atoms with Crippen molar-refractivity contribution in [1.82, 2.24) is 5.32 Å². The van der Waals surface area contributed by atoms with E-state index in [-0.39, 0.29) is 29.7 Å². The summed E-state index contributed by atoms with van der Waals surface area (Å²) in [4.78, 5) is 35.0. The molecule has 1 aliphatic heterocycles. The molecule has 0 spiro atoms. The Bertz CT molecular complexity index is 1130. The molecule has 2 aromatic rings. The van der Waals surface area contributed by atoms with E-state index in [2.05, 4.69) is 16.7 Å². The molecule has 1 heterocycles. The highest BCUT2D eigenvalue weighted by Gasteiger charge is 2.30. The summed E-state index contributed by atoms with van der Waals surface area (Å²) in [5.41, 5.74) is 2.18. The van der Waals surface area contributed by atoms with E-state index in [9.17, 15) is 25.0 Å². The minimum atomic E-state index is -0.541. The molecule has 1 aliphatic rings. The topological polar surface area (TPSA) is 125 Å². The fourth-order valence-electron chi connectivity index (χ4n) is 3.11. The number of non-ortho nitro benzene ring substituents is 1. The number of thioether (sulfide) groups is 1. The van der Waals surface area contributed by atoms with Crippen LogP contribution < -0.4 is 10.6 Å². The summed E-state index contributed by atoms with van der Waals surface area (Å²) in [5, 5.41) is 26.8. The maximum absolute atomic E-state index is 12.4. The summed E-state index contributed by atoms with van der Waals surface area (Å²) in [6, 6.07) is 13.0. The number of nitro groups is 1. The number of amides is 2. The fraction of sp³-hybridized carbons (Fsp3) is 0.190. The standard InChI is InChI=1S/C21H17ClN4O4S/c1-12-17(22)3-2-4-18(12)24-20(28)11-31-21-16(10-23)15(9-19(27)25-21)13-5-7-14(8-6-13)26(29)30/h2-8,15H,9,11H2,1H3,(H,24,28)(H,25,27). The van der Waals surface area contributed by atoms with Gasteiger partial charge >= 0.3 is 0 Å². The Hall–Kier alpha value is -3.35. The first-order valence-corrected chi connectivity index (χ1v) is 10.5. The predicted molar refractivity (Wildman–Crippen MR) is 119 cm³/mol. The molecule has 0 saturated heterocycles. The van der Waals surface area contributed by atoms with Gasteiger partial charge in [0.2, 0.25) is 11.8 Å². The molecule has 8 nitrogen and oxygen atoms in total. The number of benzene rings is 2. The van der Waals surface area contributed by atoms with Crippen molar-refractivity contribution in [2.75, 3.05) is 11.1 Å². The van der Waals surface area contributed by atoms with Gasteiger partial charge in [-0.1, -0.05) is 41.6 Å². The van der Waals surface area contributed by atoms with Crippen LogP contribution >= 0.6 is 23.4 Å². The normalized spacial score (nSPS) is 15.8. The molecule has 0 aliphatic carbocycles. The number of hydrogen-bond acceptors (Lipinski definition) is 6. The molecular weight excluding hydrogens is 440 g/mol. The van der Waals surface area contributed by atoms with Crippen molar-refractivity contribution in [2.45, 2.75) is 19.3 Å². The van der Waals surface area contributed by atoms with E-state index in [4.69, 9.17) is 11.6 Å². The minimum Gasteiger partial charge on any atom is -0.325 e. The number of nitro benzene ring substituents is 1. The average Bonchev–Trinajstić information content (AvgIpc) is 2.75. The summed E-state index contributed by atoms with van der Waals surface area (Å²) in [6.07, 6.45) is 0.0403. The molecule has 0 saturated carbocycles. The molecule has 0 fully saturated rings. The number of nitriles is 1. The lowest BCUT2D eigenvalue weighted by Gasteiger charge is -2.25. The van der Waals surface area contributed by atoms with E-state index in [0.29, 0.717) is 26.9 Å². The Kier molecular flexibility index (Phi) is 6.95. The second-order valence-corrected chi connectivity index (χ2v) is 8.15. The van der Waals surface area contributed by atoms with Gasteiger partial charge in [-0.2, -0.15) is 5.26 Å². The third-order valence-electron chi connectivity index (χ3n) is 4.75. The van der Waals surface area contributed by atoms with Gasteiger partial charge in [-0.15, -0.1) is 0 Å². The van der Waals surface area contributed by atoms with Gasteiger partial charge in [-0.05, 0) is 30.2 Å². The predicted octanol–water partition coefficient (Wildman–Crippen LogP) is 4.27. The van der Waals surface area contributed by atoms with Crippen LogP contribution in [0.4, 0.5) is 11.4 Å². The molecule has 31 heavy (non-hydrogen) atoms. The molecule has 1 unspecified atom stereocenters. The highest BCUT2D eigenvalue weighted by molar-refractivity contribution is 8.03. The Balaban J connectivity index is 1.77. The van der Waals surface area contributed by atoms with Gasteiger partial charge in [0, 0.05) is 35.2 Å². The molecule has 10 heteroatoms. The van der Waals surface area contributed by atoms with E-state index >= 15 is 0 Å². The Morgan fingerprint density at radius 1 is 1.35 bits per heavy atom. The van der Waals surface area contributed by atoms with E-state index in [1.54, 1.807) is 25.1 Å². The molecule has 2 amide bonds. The van der Waals surface area contributed by atoms with Crippen molar-refractivity contribution in [2.24, 2.45) is 0 Å². The zero-order valence-corrected chi connectivity index (χ0v) is 17.9. The van der Waals surface area contributed by atoms with Crippen LogP contribution in [0.2, 0.25) is 5.02 Å². The lowest BCUT2D eigenvalue weighted by molar-refractivity contribution is -0.384. The van der Waals surface area contributed by atoms with Crippen molar-refractivity contribution < 1.29 is 14.5 Å². The molecule has 0 radical (unpaired) electrons. The van der Waals surface area contributed by atoms with Crippen LogP contribution in [0.1, 0.15) is 23.5 Å². The van der Waals surface area contributed by atoms with Gasteiger partial charge in [-0.25, -0.2) is 0 Å². The maximum Gasteiger partial charge on any atom is 0.269 e. The van der Waals surface area contributed by atoms with Crippen molar-refractivity contribution in [3.63, 3.8) is 0 Å². The van der Waals surface area contributed by atoms with Gasteiger partial charge in [0.05, 0.1) is 27.3 Å². The van der Waals surface area contributed by atoms with Crippen LogP contribution in [0.5, 0.6) is 0 Å². The van der Waals surface area contributed by atoms with Gasteiger partial charge in [0.25, 0.3) is 5.69 Å². The Morgan fingerprint density at radius 3 is 2.71 bits per heavy atom. The van der Waals surface area contributed by atoms with Crippen LogP contribution in [-0.2, 0) is 9.59 Å². The number of allylic oxidation sites excluding steroid dienone is 1. The number of halogens is 1. The quantitative estimate of drug-likeness (QED) is 0.494. The number of rotatable bonds is 6. The number of carbonyl (C=O) groups excluding carboxylic acids is 2. The molecule has 2 N–H and O–H groups in total. The summed E-state index contributed by atoms with van der Waals surface area (Å²) >= 11 is 7.12. The number of carbonyl (C=O) groups is 2. The summed E-state index contributed by atoms with van der Waals surface area (Å²) < 4.78 is 0. The third kappa shape index (κ3) is 5.23. The molecule has 158 valence electrons. The molecular formula is C21H17ClN4O4S. The number of nitrogens with zero attached hydrogens (tertiary/aromatic N) is 2. The second-order valence-electron chi connectivity index (χ2n) is 6.76. The fourth-order valence-corrected chi connectivity index (χ4v) is 4.16. The van der Waals surface area contributed by atoms with Crippen LogP contribution in [-0.4, -0.2) is 22.5 Å². The molecule has 0 bridgehead atoms. The summed E-state index contributed by atoms with van der Waals surface area (Å²) in [7, 11) is 0. The van der Waals surface area contributed by atoms with Gasteiger partial charge in [0.15, 0.2) is 0 Å². The first-order valence-electron chi connectivity index (χ1n) is 9.16. The van der Waals surface area contributed by atoms with Crippen LogP contribution in [0.15, 0.2) is 53.1 Å². The second kappa shape index (κ2) is 9.64. The first kappa shape index (κ1) is 22.3. The monoisotopic (exact) mass is 456 g/mol. The van der Waals surface area contributed by atoms with Crippen molar-refractivity contribution >= 4 is 46.6 Å². The number of nitrogens with one attached hydrogen (secondary N) is 2. The van der Waals surface area contributed by atoms with E-state index in [1.807, 2.05) is 0 Å². The SMILES string of the molecule is Cc1c(Cl)cccc1NC(=O)CSC1=C(C#N)C(c2ccc([N+](=O)[O-])cc2)CC(=O)N1. The van der Waals surface area contributed by atoms with Gasteiger partial charge in [-0.3, -0.25) is 19.7 Å². The highest BCUT2D eigenvalue weighted by atomic mass is 35.5. The maximum atomic E-state index is 12.4. The molecule has 1 atom stereocenters. The average molecular weight is 457 g/mol. The van der Waals surface area contributed by atoms with Crippen molar-refractivity contribution in [1.29, 1.82) is 5.26 Å². The summed E-state index contributed by atoms with van der Waals surface area (Å²) in [5.74, 6) is -1.18. The highest BCUT2D eigenvalue weighted by Crippen LogP contribution is 2.36. The van der Waals surface area contributed by atoms with Crippen molar-refractivity contribution in [3.05, 3.63) is 79.3 Å². The van der Waals surface area contributed by atoms with Crippen LogP contribution in [0.3, 0.4) is 0 Å². The lowest BCUT2D eigenvalue weighted by Crippen LogP contribution is -2.31. The minimum absolute atomic E-state index is 0.0280. The first-order chi connectivity index (χ1) is 14.8.